The molecule has 5 heteroatoms. The summed E-state index contributed by atoms with van der Waals surface area (Å²) in [4.78, 5) is 12.0. The minimum Gasteiger partial charge on any atom is -0.378 e. The Labute approximate surface area is 136 Å². The van der Waals surface area contributed by atoms with E-state index in [2.05, 4.69) is 29.5 Å². The van der Waals surface area contributed by atoms with Crippen LogP contribution in [0.15, 0.2) is 42.6 Å². The van der Waals surface area contributed by atoms with Crippen LogP contribution in [-0.4, -0.2) is 28.4 Å². The van der Waals surface area contributed by atoms with Gasteiger partial charge in [0, 0.05) is 25.3 Å². The number of nitrogens with zero attached hydrogens (tertiary/aromatic N) is 2. The summed E-state index contributed by atoms with van der Waals surface area (Å²) >= 11 is 0. The first-order valence-electron chi connectivity index (χ1n) is 8.24. The van der Waals surface area contributed by atoms with Gasteiger partial charge in [-0.15, -0.1) is 0 Å². The molecule has 1 aliphatic rings. The van der Waals surface area contributed by atoms with Gasteiger partial charge in [-0.25, -0.2) is 0 Å². The summed E-state index contributed by atoms with van der Waals surface area (Å²) in [7, 11) is 0. The van der Waals surface area contributed by atoms with Crippen LogP contribution in [0.5, 0.6) is 0 Å². The van der Waals surface area contributed by atoms with Crippen molar-refractivity contribution in [3.8, 4) is 0 Å². The number of hydrogen-bond acceptors (Lipinski definition) is 3. The molecule has 1 saturated heterocycles. The van der Waals surface area contributed by atoms with Gasteiger partial charge in [0.05, 0.1) is 12.1 Å². The molecule has 5 nitrogen and oxygen atoms in total. The molecule has 0 spiro atoms. The molecule has 0 aliphatic carbocycles. The van der Waals surface area contributed by atoms with Crippen molar-refractivity contribution in [2.24, 2.45) is 0 Å². The van der Waals surface area contributed by atoms with Gasteiger partial charge in [0.2, 0.25) is 5.91 Å². The molecule has 1 fully saturated rings. The van der Waals surface area contributed by atoms with Crippen molar-refractivity contribution in [2.75, 3.05) is 11.9 Å². The van der Waals surface area contributed by atoms with E-state index in [1.165, 1.54) is 5.56 Å². The quantitative estimate of drug-likeness (QED) is 0.889. The highest BCUT2D eigenvalue weighted by Crippen LogP contribution is 2.19. The van der Waals surface area contributed by atoms with Crippen LogP contribution in [0.2, 0.25) is 0 Å². The number of rotatable bonds is 6. The molecule has 2 atom stereocenters. The van der Waals surface area contributed by atoms with E-state index >= 15 is 0 Å². The van der Waals surface area contributed by atoms with Crippen molar-refractivity contribution < 1.29 is 9.53 Å². The Balaban J connectivity index is 1.53. The molecule has 2 unspecified atom stereocenters. The van der Waals surface area contributed by atoms with Crippen LogP contribution in [0, 0.1) is 0 Å². The predicted molar refractivity (Wildman–Crippen MR) is 89.3 cm³/mol. The highest BCUT2D eigenvalue weighted by Gasteiger charge is 2.17. The van der Waals surface area contributed by atoms with E-state index in [0.717, 1.165) is 25.9 Å². The lowest BCUT2D eigenvalue weighted by Gasteiger charge is -2.12. The Bertz CT molecular complexity index is 633. The Morgan fingerprint density at radius 2 is 2.22 bits per heavy atom. The number of benzene rings is 1. The van der Waals surface area contributed by atoms with Gasteiger partial charge in [0.1, 0.15) is 0 Å². The van der Waals surface area contributed by atoms with Crippen LogP contribution in [0.1, 0.15) is 44.2 Å². The first-order chi connectivity index (χ1) is 11.2. The molecule has 0 saturated carbocycles. The maximum absolute atomic E-state index is 12.0. The van der Waals surface area contributed by atoms with E-state index in [9.17, 15) is 4.79 Å². The van der Waals surface area contributed by atoms with Crippen LogP contribution in [0.4, 0.5) is 5.82 Å². The lowest BCUT2D eigenvalue weighted by molar-refractivity contribution is -0.116. The Morgan fingerprint density at radius 3 is 2.96 bits per heavy atom. The average Bonchev–Trinajstić information content (AvgIpc) is 3.25. The predicted octanol–water partition coefficient (Wildman–Crippen LogP) is 3.39. The molecule has 2 aromatic rings. The zero-order chi connectivity index (χ0) is 16.1. The number of anilines is 1. The van der Waals surface area contributed by atoms with Crippen molar-refractivity contribution in [1.82, 2.24) is 9.78 Å². The summed E-state index contributed by atoms with van der Waals surface area (Å²) in [5.74, 6) is 0.600. The fraction of sp³-hybridized carbons (Fsp3) is 0.444. The van der Waals surface area contributed by atoms with Crippen molar-refractivity contribution in [3.63, 3.8) is 0 Å². The normalized spacial score (nSPS) is 18.7. The van der Waals surface area contributed by atoms with Crippen molar-refractivity contribution >= 4 is 11.7 Å². The first kappa shape index (κ1) is 15.7. The molecular weight excluding hydrogens is 290 g/mol. The highest BCUT2D eigenvalue weighted by molar-refractivity contribution is 5.89. The fourth-order valence-corrected chi connectivity index (χ4v) is 2.87. The fourth-order valence-electron chi connectivity index (χ4n) is 2.87. The molecule has 23 heavy (non-hydrogen) atoms. The smallest absolute Gasteiger partial charge is 0.225 e. The minimum atomic E-state index is -0.00175. The zero-order valence-electron chi connectivity index (χ0n) is 13.4. The zero-order valence-corrected chi connectivity index (χ0v) is 13.4. The highest BCUT2D eigenvalue weighted by atomic mass is 16.5. The molecule has 0 bridgehead atoms. The van der Waals surface area contributed by atoms with Gasteiger partial charge < -0.3 is 10.1 Å². The van der Waals surface area contributed by atoms with Crippen LogP contribution in [-0.2, 0) is 9.53 Å². The maximum atomic E-state index is 12.0. The standard InChI is InChI=1S/C18H23N3O2/c1-14(15-6-3-2-4-7-15)21-12-11-17(20-21)19-18(22)10-9-16-8-5-13-23-16/h2-4,6-7,11-12,14,16H,5,8-10,13H2,1H3,(H,19,20,22). The van der Waals surface area contributed by atoms with Crippen LogP contribution in [0.25, 0.3) is 0 Å². The minimum absolute atomic E-state index is 0.00175. The van der Waals surface area contributed by atoms with E-state index < -0.39 is 0 Å². The average molecular weight is 313 g/mol. The Morgan fingerprint density at radius 1 is 1.39 bits per heavy atom. The number of aromatic nitrogens is 2. The molecule has 1 N–H and O–H groups in total. The number of ether oxygens (including phenoxy) is 1. The number of carbonyl (C=O) groups excluding carboxylic acids is 1. The number of amides is 1. The van der Waals surface area contributed by atoms with Gasteiger partial charge in [-0.1, -0.05) is 30.3 Å². The maximum Gasteiger partial charge on any atom is 0.225 e. The summed E-state index contributed by atoms with van der Waals surface area (Å²) in [6, 6.07) is 12.2. The van der Waals surface area contributed by atoms with E-state index in [4.69, 9.17) is 4.74 Å². The summed E-state index contributed by atoms with van der Waals surface area (Å²) in [6.07, 6.45) is 5.58. The molecule has 1 aromatic heterocycles. The second-order valence-electron chi connectivity index (χ2n) is 5.99. The lowest BCUT2D eigenvalue weighted by Crippen LogP contribution is -2.16. The van der Waals surface area contributed by atoms with Crippen LogP contribution >= 0.6 is 0 Å². The van der Waals surface area contributed by atoms with Gasteiger partial charge in [0.25, 0.3) is 0 Å². The second-order valence-corrected chi connectivity index (χ2v) is 5.99. The summed E-state index contributed by atoms with van der Waals surface area (Å²) < 4.78 is 7.40. The lowest BCUT2D eigenvalue weighted by atomic mass is 10.1. The van der Waals surface area contributed by atoms with Gasteiger partial charge in [-0.3, -0.25) is 9.48 Å². The van der Waals surface area contributed by atoms with Gasteiger partial charge in [-0.2, -0.15) is 5.10 Å². The summed E-state index contributed by atoms with van der Waals surface area (Å²) in [5, 5.41) is 7.33. The van der Waals surface area contributed by atoms with E-state index in [0.29, 0.717) is 12.2 Å². The largest absolute Gasteiger partial charge is 0.378 e. The van der Waals surface area contributed by atoms with Crippen molar-refractivity contribution in [2.45, 2.75) is 44.8 Å². The molecule has 3 rings (SSSR count). The topological polar surface area (TPSA) is 56.2 Å². The third-order valence-electron chi connectivity index (χ3n) is 4.27. The third kappa shape index (κ3) is 4.20. The Kier molecular flexibility index (Phi) is 5.08. The second kappa shape index (κ2) is 7.42. The van der Waals surface area contributed by atoms with E-state index in [1.807, 2.05) is 35.1 Å². The third-order valence-corrected chi connectivity index (χ3v) is 4.27. The van der Waals surface area contributed by atoms with Gasteiger partial charge >= 0.3 is 0 Å². The molecular formula is C18H23N3O2. The molecule has 2 heterocycles. The first-order valence-corrected chi connectivity index (χ1v) is 8.24. The summed E-state index contributed by atoms with van der Waals surface area (Å²) in [5.41, 5.74) is 1.19. The molecule has 122 valence electrons. The van der Waals surface area contributed by atoms with Crippen LogP contribution < -0.4 is 5.32 Å². The molecule has 1 aliphatic heterocycles. The number of carbonyl (C=O) groups is 1. The molecule has 1 aromatic carbocycles. The Hall–Kier alpha value is -2.14. The molecule has 1 amide bonds. The van der Waals surface area contributed by atoms with E-state index in [1.54, 1.807) is 0 Å². The van der Waals surface area contributed by atoms with Crippen molar-refractivity contribution in [3.05, 3.63) is 48.2 Å². The van der Waals surface area contributed by atoms with Gasteiger partial charge in [0.15, 0.2) is 5.82 Å². The van der Waals surface area contributed by atoms with Crippen LogP contribution in [0.3, 0.4) is 0 Å². The number of hydrogen-bond donors (Lipinski definition) is 1. The SMILES string of the molecule is CC(c1ccccc1)n1ccc(NC(=O)CCC2CCCO2)n1. The number of nitrogens with one attached hydrogen (secondary N) is 1. The van der Waals surface area contributed by atoms with Crippen molar-refractivity contribution in [1.29, 1.82) is 0 Å². The van der Waals surface area contributed by atoms with Gasteiger partial charge in [-0.05, 0) is 31.7 Å². The molecule has 0 radical (unpaired) electrons. The monoisotopic (exact) mass is 313 g/mol. The summed E-state index contributed by atoms with van der Waals surface area (Å²) in [6.45, 7) is 2.92. The van der Waals surface area contributed by atoms with E-state index in [-0.39, 0.29) is 18.1 Å².